The zero-order valence-corrected chi connectivity index (χ0v) is 13.7. The summed E-state index contributed by atoms with van der Waals surface area (Å²) in [5.41, 5.74) is -0.523. The average Bonchev–Trinajstić information content (AvgIpc) is 2.87. The van der Waals surface area contributed by atoms with Crippen LogP contribution in [-0.2, 0) is 19.0 Å². The topological polar surface area (TPSA) is 44.8 Å². The summed E-state index contributed by atoms with van der Waals surface area (Å²) in [6.07, 6.45) is 3.11. The summed E-state index contributed by atoms with van der Waals surface area (Å²) in [6.45, 7) is 6.66. The predicted molar refractivity (Wildman–Crippen MR) is 79.4 cm³/mol. The van der Waals surface area contributed by atoms with Crippen LogP contribution in [0, 0.1) is 17.8 Å². The number of esters is 1. The highest BCUT2D eigenvalue weighted by Crippen LogP contribution is 2.36. The molecule has 0 spiro atoms. The molecular weight excluding hydrogens is 276 g/mol. The van der Waals surface area contributed by atoms with Crippen molar-refractivity contribution in [2.75, 3.05) is 12.9 Å². The molecule has 2 rings (SSSR count). The van der Waals surface area contributed by atoms with Gasteiger partial charge in [0.1, 0.15) is 6.10 Å². The van der Waals surface area contributed by atoms with E-state index < -0.39 is 5.44 Å². The zero-order chi connectivity index (χ0) is 14.7. The molecule has 0 N–H and O–H groups in total. The molecule has 5 heteroatoms. The molecular formula is C15H26O4S. The van der Waals surface area contributed by atoms with Gasteiger partial charge in [-0.05, 0) is 30.6 Å². The van der Waals surface area contributed by atoms with Gasteiger partial charge in [-0.1, -0.05) is 27.2 Å². The Balaban J connectivity index is 1.91. The summed E-state index contributed by atoms with van der Waals surface area (Å²) in [4.78, 5) is 12.2. The van der Waals surface area contributed by atoms with Crippen LogP contribution >= 0.6 is 11.8 Å². The van der Waals surface area contributed by atoms with E-state index in [-0.39, 0.29) is 18.4 Å². The molecule has 1 saturated carbocycles. The van der Waals surface area contributed by atoms with Crippen molar-refractivity contribution in [3.63, 3.8) is 0 Å². The third kappa shape index (κ3) is 3.89. The molecule has 0 aromatic carbocycles. The Morgan fingerprint density at radius 3 is 2.70 bits per heavy atom. The minimum atomic E-state index is -0.523. The van der Waals surface area contributed by atoms with Crippen LogP contribution in [0.2, 0.25) is 0 Å². The Hall–Kier alpha value is -0.260. The highest BCUT2D eigenvalue weighted by Gasteiger charge is 2.38. The number of methoxy groups -OCH3 is 1. The lowest BCUT2D eigenvalue weighted by molar-refractivity contribution is -0.174. The number of thioether (sulfide) groups is 1. The summed E-state index contributed by atoms with van der Waals surface area (Å²) >= 11 is 1.46. The van der Waals surface area contributed by atoms with Gasteiger partial charge in [-0.25, -0.2) is 4.79 Å². The Morgan fingerprint density at radius 1 is 1.35 bits per heavy atom. The fourth-order valence-corrected chi connectivity index (χ4v) is 4.03. The number of hydrogen-bond acceptors (Lipinski definition) is 5. The minimum Gasteiger partial charge on any atom is -0.459 e. The summed E-state index contributed by atoms with van der Waals surface area (Å²) in [6, 6.07) is 0. The van der Waals surface area contributed by atoms with E-state index in [0.29, 0.717) is 23.5 Å². The molecule has 2 fully saturated rings. The van der Waals surface area contributed by atoms with Crippen molar-refractivity contribution in [2.45, 2.75) is 57.9 Å². The van der Waals surface area contributed by atoms with Crippen molar-refractivity contribution in [2.24, 2.45) is 17.8 Å². The highest BCUT2D eigenvalue weighted by molar-refractivity contribution is 8.00. The molecule has 1 heterocycles. The maximum atomic E-state index is 12.2. The molecule has 4 nitrogen and oxygen atoms in total. The lowest BCUT2D eigenvalue weighted by atomic mass is 9.75. The molecule has 1 aliphatic heterocycles. The minimum absolute atomic E-state index is 0.0389. The summed E-state index contributed by atoms with van der Waals surface area (Å²) in [5.74, 6) is 2.10. The average molecular weight is 302 g/mol. The predicted octanol–water partition coefficient (Wildman–Crippen LogP) is 3.05. The molecule has 0 radical (unpaired) electrons. The molecule has 0 aromatic heterocycles. The first kappa shape index (κ1) is 16.1. The van der Waals surface area contributed by atoms with Crippen molar-refractivity contribution in [1.82, 2.24) is 0 Å². The smallest absolute Gasteiger partial charge is 0.346 e. The van der Waals surface area contributed by atoms with E-state index in [1.807, 2.05) is 0 Å². The Bertz CT molecular complexity index is 334. The number of carbonyl (C=O) groups excluding carboxylic acids is 1. The molecule has 116 valence electrons. The van der Waals surface area contributed by atoms with Gasteiger partial charge < -0.3 is 14.2 Å². The van der Waals surface area contributed by atoms with E-state index in [4.69, 9.17) is 14.2 Å². The van der Waals surface area contributed by atoms with Crippen molar-refractivity contribution in [3.8, 4) is 0 Å². The molecule has 1 saturated heterocycles. The molecule has 5 atom stereocenters. The number of rotatable bonds is 4. The maximum absolute atomic E-state index is 12.2. The Labute approximate surface area is 125 Å². The van der Waals surface area contributed by atoms with Crippen LogP contribution < -0.4 is 0 Å². The normalized spacial score (nSPS) is 38.1. The van der Waals surface area contributed by atoms with Crippen LogP contribution in [0.4, 0.5) is 0 Å². The van der Waals surface area contributed by atoms with Gasteiger partial charge in [0.05, 0.1) is 0 Å². The van der Waals surface area contributed by atoms with E-state index in [1.54, 1.807) is 7.11 Å². The molecule has 0 aromatic rings. The largest absolute Gasteiger partial charge is 0.459 e. The van der Waals surface area contributed by atoms with Crippen LogP contribution in [-0.4, -0.2) is 36.7 Å². The van der Waals surface area contributed by atoms with Crippen LogP contribution in [0.5, 0.6) is 0 Å². The Kier molecular flexibility index (Phi) is 5.75. The van der Waals surface area contributed by atoms with Gasteiger partial charge in [-0.3, -0.25) is 0 Å². The summed E-state index contributed by atoms with van der Waals surface area (Å²) in [7, 11) is 1.59. The van der Waals surface area contributed by atoms with Gasteiger partial charge >= 0.3 is 5.97 Å². The molecule has 0 unspecified atom stereocenters. The van der Waals surface area contributed by atoms with E-state index >= 15 is 0 Å². The number of ether oxygens (including phenoxy) is 3. The van der Waals surface area contributed by atoms with E-state index in [9.17, 15) is 4.79 Å². The van der Waals surface area contributed by atoms with Gasteiger partial charge in [0, 0.05) is 12.9 Å². The third-order valence-electron chi connectivity index (χ3n) is 4.34. The number of carbonyl (C=O) groups is 1. The second-order valence-electron chi connectivity index (χ2n) is 6.27. The maximum Gasteiger partial charge on any atom is 0.346 e. The lowest BCUT2D eigenvalue weighted by Crippen LogP contribution is -2.38. The zero-order valence-electron chi connectivity index (χ0n) is 12.8. The van der Waals surface area contributed by atoms with E-state index in [0.717, 1.165) is 12.8 Å². The van der Waals surface area contributed by atoms with E-state index in [1.165, 1.54) is 18.2 Å². The van der Waals surface area contributed by atoms with Crippen LogP contribution in [0.3, 0.4) is 0 Å². The monoisotopic (exact) mass is 302 g/mol. The van der Waals surface area contributed by atoms with Crippen LogP contribution in [0.25, 0.3) is 0 Å². The number of hydrogen-bond donors (Lipinski definition) is 0. The lowest BCUT2D eigenvalue weighted by Gasteiger charge is -2.37. The second kappa shape index (κ2) is 7.14. The quantitative estimate of drug-likeness (QED) is 0.747. The fraction of sp³-hybridized carbons (Fsp3) is 0.933. The first-order chi connectivity index (χ1) is 9.51. The van der Waals surface area contributed by atoms with Crippen molar-refractivity contribution in [3.05, 3.63) is 0 Å². The molecule has 2 aliphatic rings. The molecule has 0 bridgehead atoms. The molecule has 1 aliphatic carbocycles. The fourth-order valence-electron chi connectivity index (χ4n) is 3.08. The highest BCUT2D eigenvalue weighted by atomic mass is 32.2. The second-order valence-corrected chi connectivity index (χ2v) is 7.36. The molecule has 0 amide bonds. The van der Waals surface area contributed by atoms with E-state index in [2.05, 4.69) is 20.8 Å². The van der Waals surface area contributed by atoms with Gasteiger partial charge in [-0.15, -0.1) is 11.8 Å². The van der Waals surface area contributed by atoms with Gasteiger partial charge in [0.15, 0.2) is 6.29 Å². The van der Waals surface area contributed by atoms with Crippen molar-refractivity contribution >= 4 is 17.7 Å². The van der Waals surface area contributed by atoms with Crippen LogP contribution in [0.1, 0.15) is 40.0 Å². The van der Waals surface area contributed by atoms with Gasteiger partial charge in [-0.2, -0.15) is 0 Å². The summed E-state index contributed by atoms with van der Waals surface area (Å²) < 4.78 is 16.4. The van der Waals surface area contributed by atoms with Crippen molar-refractivity contribution < 1.29 is 19.0 Å². The summed E-state index contributed by atoms with van der Waals surface area (Å²) in [5, 5.41) is 0. The first-order valence-electron chi connectivity index (χ1n) is 7.51. The SMILES string of the molecule is CO[C@@H]1CS[C@@H](C(=O)O[C@H]2C[C@@H](C)CC[C@@H]2C(C)C)O1. The Morgan fingerprint density at radius 2 is 2.10 bits per heavy atom. The van der Waals surface area contributed by atoms with Gasteiger partial charge in [0.2, 0.25) is 5.44 Å². The van der Waals surface area contributed by atoms with Crippen LogP contribution in [0.15, 0.2) is 0 Å². The molecule has 20 heavy (non-hydrogen) atoms. The first-order valence-corrected chi connectivity index (χ1v) is 8.56. The standard InChI is InChI=1S/C15H26O4S/c1-9(2)11-6-5-10(3)7-12(11)18-14(16)15-19-13(17-4)8-20-15/h9-13,15H,5-8H2,1-4H3/t10-,11+,12-,13-,15-/m0/s1. The third-order valence-corrected chi connectivity index (χ3v) is 5.41. The van der Waals surface area contributed by atoms with Crippen molar-refractivity contribution in [1.29, 1.82) is 0 Å². The van der Waals surface area contributed by atoms with Gasteiger partial charge in [0.25, 0.3) is 0 Å².